The number of carbonyl (C=O) groups excluding carboxylic acids is 1. The van der Waals surface area contributed by atoms with E-state index < -0.39 is 6.17 Å². The molecule has 0 unspecified atom stereocenters. The smallest absolute Gasteiger partial charge is 0.318 e. The molecule has 0 saturated carbocycles. The van der Waals surface area contributed by atoms with Crippen molar-refractivity contribution in [3.8, 4) is 12.1 Å². The Kier molecular flexibility index (Phi) is 10.4. The number of hydrogen-bond donors (Lipinski definition) is 0. The van der Waals surface area contributed by atoms with E-state index in [1.807, 2.05) is 12.1 Å². The Morgan fingerprint density at radius 3 is 2.60 bits per heavy atom. The lowest BCUT2D eigenvalue weighted by Crippen LogP contribution is -2.56. The number of amides is 1. The molecule has 4 aliphatic heterocycles. The number of hydrogen-bond acceptors (Lipinski definition) is 9. The van der Waals surface area contributed by atoms with Gasteiger partial charge in [-0.25, -0.2) is 4.39 Å². The average molecular weight is 701 g/mol. The SMILES string of the molecule is C=C(CN1CCC(F)CC1)C(=O)N1CCN(c2nc(OC[C@@H]3CCCN3C)nc3c2CCN(c2cccc4cccc(Cl)c24)C3)C[C@@H]1CC#N. The fourth-order valence-corrected chi connectivity index (χ4v) is 8.29. The number of anilines is 2. The standard InChI is InChI=1S/C38H46ClFN8O2/c1-26(22-45-17-12-28(40)13-18-45)37(49)48-21-20-47(23-29(48)11-15-41)36-31-14-19-46(34-10-4-7-27-6-3-9-32(39)35(27)34)24-33(31)42-38(43-36)50-25-30-8-5-16-44(30)2/h3-4,6-7,9-10,28-30H,1,5,8,11-14,16-25H2,2H3/t29-,30-/m0/s1. The van der Waals surface area contributed by atoms with Gasteiger partial charge < -0.3 is 24.3 Å². The number of likely N-dealkylation sites (N-methyl/N-ethyl adjacent to an activating group) is 1. The van der Waals surface area contributed by atoms with Gasteiger partial charge in [-0.1, -0.05) is 42.4 Å². The second-order valence-corrected chi connectivity index (χ2v) is 14.6. The molecule has 0 radical (unpaired) electrons. The molecule has 50 heavy (non-hydrogen) atoms. The largest absolute Gasteiger partial charge is 0.462 e. The van der Waals surface area contributed by atoms with E-state index in [9.17, 15) is 14.4 Å². The minimum atomic E-state index is -0.773. The highest BCUT2D eigenvalue weighted by Crippen LogP contribution is 2.37. The molecule has 0 bridgehead atoms. The van der Waals surface area contributed by atoms with Gasteiger partial charge in [0.15, 0.2) is 0 Å². The summed E-state index contributed by atoms with van der Waals surface area (Å²) in [4.78, 5) is 34.5. The normalized spacial score (nSPS) is 22.1. The van der Waals surface area contributed by atoms with Crippen molar-refractivity contribution < 1.29 is 13.9 Å². The molecule has 264 valence electrons. The lowest BCUT2D eigenvalue weighted by molar-refractivity contribution is -0.130. The van der Waals surface area contributed by atoms with Gasteiger partial charge in [0, 0.05) is 74.1 Å². The van der Waals surface area contributed by atoms with Crippen molar-refractivity contribution in [3.63, 3.8) is 0 Å². The zero-order valence-corrected chi connectivity index (χ0v) is 29.6. The maximum Gasteiger partial charge on any atom is 0.318 e. The van der Waals surface area contributed by atoms with Gasteiger partial charge in [-0.05, 0) is 63.2 Å². The molecule has 2 atom stereocenters. The number of piperazine rings is 1. The van der Waals surface area contributed by atoms with Crippen molar-refractivity contribution in [3.05, 3.63) is 64.8 Å². The number of nitrogens with zero attached hydrogens (tertiary/aromatic N) is 8. The van der Waals surface area contributed by atoms with E-state index in [0.29, 0.717) is 82.9 Å². The second kappa shape index (κ2) is 15.1. The number of benzene rings is 2. The number of alkyl halides is 1. The number of aromatic nitrogens is 2. The first-order chi connectivity index (χ1) is 24.3. The van der Waals surface area contributed by atoms with Crippen molar-refractivity contribution in [2.45, 2.75) is 63.3 Å². The predicted octanol–water partition coefficient (Wildman–Crippen LogP) is 5.24. The number of fused-ring (bicyclic) bond motifs is 2. The minimum absolute atomic E-state index is 0.133. The van der Waals surface area contributed by atoms with Crippen LogP contribution in [-0.2, 0) is 17.8 Å². The average Bonchev–Trinajstić information content (AvgIpc) is 3.55. The molecule has 0 aliphatic carbocycles. The molecule has 3 fully saturated rings. The number of halogens is 2. The highest BCUT2D eigenvalue weighted by atomic mass is 35.5. The quantitative estimate of drug-likeness (QED) is 0.278. The number of likely N-dealkylation sites (tertiary alicyclic amines) is 2. The van der Waals surface area contributed by atoms with E-state index in [4.69, 9.17) is 26.3 Å². The van der Waals surface area contributed by atoms with Crippen LogP contribution in [-0.4, -0.2) is 115 Å². The van der Waals surface area contributed by atoms with Crippen LogP contribution in [0, 0.1) is 11.3 Å². The summed E-state index contributed by atoms with van der Waals surface area (Å²) in [7, 11) is 2.13. The van der Waals surface area contributed by atoms with Crippen molar-refractivity contribution in [1.82, 2.24) is 24.7 Å². The summed E-state index contributed by atoms with van der Waals surface area (Å²) in [5.41, 5.74) is 3.55. The summed E-state index contributed by atoms with van der Waals surface area (Å²) < 4.78 is 20.0. The highest BCUT2D eigenvalue weighted by molar-refractivity contribution is 6.36. The molecule has 5 heterocycles. The molecule has 1 aromatic heterocycles. The van der Waals surface area contributed by atoms with Crippen molar-refractivity contribution >= 4 is 39.8 Å². The fourth-order valence-electron chi connectivity index (χ4n) is 8.02. The summed E-state index contributed by atoms with van der Waals surface area (Å²) in [6.45, 7) is 10.2. The van der Waals surface area contributed by atoms with E-state index in [-0.39, 0.29) is 18.4 Å². The van der Waals surface area contributed by atoms with E-state index in [0.717, 1.165) is 70.9 Å². The Bertz CT molecular complexity index is 1770. The van der Waals surface area contributed by atoms with Crippen LogP contribution in [0.1, 0.15) is 43.4 Å². The van der Waals surface area contributed by atoms with Crippen LogP contribution in [0.5, 0.6) is 6.01 Å². The summed E-state index contributed by atoms with van der Waals surface area (Å²) in [6.07, 6.45) is 3.35. The van der Waals surface area contributed by atoms with Crippen LogP contribution in [0.2, 0.25) is 5.02 Å². The number of piperidine rings is 1. The Balaban J connectivity index is 1.14. The Hall–Kier alpha value is -3.98. The third kappa shape index (κ3) is 7.25. The third-order valence-corrected chi connectivity index (χ3v) is 11.2. The monoisotopic (exact) mass is 700 g/mol. The van der Waals surface area contributed by atoms with Crippen molar-refractivity contribution in [2.75, 3.05) is 75.8 Å². The first-order valence-corrected chi connectivity index (χ1v) is 18.3. The second-order valence-electron chi connectivity index (χ2n) is 14.1. The molecule has 10 nitrogen and oxygen atoms in total. The molecule has 7 rings (SSSR count). The van der Waals surface area contributed by atoms with Gasteiger partial charge in [-0.3, -0.25) is 9.69 Å². The van der Waals surface area contributed by atoms with Crippen LogP contribution < -0.4 is 14.5 Å². The number of nitriles is 1. The Morgan fingerprint density at radius 2 is 1.84 bits per heavy atom. The van der Waals surface area contributed by atoms with Crippen LogP contribution in [0.25, 0.3) is 10.8 Å². The van der Waals surface area contributed by atoms with Gasteiger partial charge in [-0.2, -0.15) is 15.2 Å². The minimum Gasteiger partial charge on any atom is -0.462 e. The molecule has 3 aromatic rings. The molecule has 12 heteroatoms. The number of rotatable bonds is 9. The Morgan fingerprint density at radius 1 is 1.04 bits per heavy atom. The summed E-state index contributed by atoms with van der Waals surface area (Å²) >= 11 is 6.74. The van der Waals surface area contributed by atoms with E-state index in [1.165, 1.54) is 0 Å². The zero-order valence-electron chi connectivity index (χ0n) is 28.9. The summed E-state index contributed by atoms with van der Waals surface area (Å²) in [5, 5.41) is 12.7. The van der Waals surface area contributed by atoms with Gasteiger partial charge >= 0.3 is 6.01 Å². The molecule has 3 saturated heterocycles. The predicted molar refractivity (Wildman–Crippen MR) is 195 cm³/mol. The number of carbonyl (C=O) groups is 1. The van der Waals surface area contributed by atoms with Gasteiger partial charge in [0.2, 0.25) is 0 Å². The molecule has 0 N–H and O–H groups in total. The summed E-state index contributed by atoms with van der Waals surface area (Å²) in [6, 6.07) is 14.9. The van der Waals surface area contributed by atoms with E-state index in [1.54, 1.807) is 4.90 Å². The summed E-state index contributed by atoms with van der Waals surface area (Å²) in [5.74, 6) is 0.689. The van der Waals surface area contributed by atoms with Gasteiger partial charge in [0.25, 0.3) is 5.91 Å². The highest BCUT2D eigenvalue weighted by Gasteiger charge is 2.35. The maximum absolute atomic E-state index is 13.7. The molecule has 1 amide bonds. The first-order valence-electron chi connectivity index (χ1n) is 17.9. The van der Waals surface area contributed by atoms with Crippen molar-refractivity contribution in [2.24, 2.45) is 0 Å². The van der Waals surface area contributed by atoms with Crippen LogP contribution in [0.4, 0.5) is 15.9 Å². The molecular formula is C38H46ClFN8O2. The lowest BCUT2D eigenvalue weighted by Gasteiger charge is -2.43. The Labute approximate surface area is 299 Å². The zero-order chi connectivity index (χ0) is 34.8. The molecule has 2 aromatic carbocycles. The first kappa shape index (κ1) is 34.5. The van der Waals surface area contributed by atoms with Crippen LogP contribution in [0.15, 0.2) is 48.6 Å². The lowest BCUT2D eigenvalue weighted by atomic mass is 10.0. The van der Waals surface area contributed by atoms with E-state index in [2.05, 4.69) is 63.6 Å². The van der Waals surface area contributed by atoms with Crippen molar-refractivity contribution in [1.29, 1.82) is 5.26 Å². The molecular weight excluding hydrogens is 655 g/mol. The van der Waals surface area contributed by atoms with Crippen LogP contribution >= 0.6 is 11.6 Å². The fraction of sp³-hybridized carbons (Fsp3) is 0.526. The maximum atomic E-state index is 13.7. The van der Waals surface area contributed by atoms with Crippen LogP contribution in [0.3, 0.4) is 0 Å². The van der Waals surface area contributed by atoms with Gasteiger partial charge in [-0.15, -0.1) is 0 Å². The molecule has 0 spiro atoms. The molecule has 4 aliphatic rings. The van der Waals surface area contributed by atoms with E-state index >= 15 is 0 Å². The third-order valence-electron chi connectivity index (χ3n) is 10.9. The topological polar surface area (TPSA) is 92.1 Å². The van der Waals surface area contributed by atoms with Gasteiger partial charge in [0.05, 0.1) is 35.8 Å². The number of ether oxygens (including phenoxy) is 1. The van der Waals surface area contributed by atoms with Gasteiger partial charge in [0.1, 0.15) is 18.6 Å².